The molecule has 1 aliphatic heterocycles. The van der Waals surface area contributed by atoms with Crippen molar-refractivity contribution in [3.05, 3.63) is 40.4 Å². The fourth-order valence-electron chi connectivity index (χ4n) is 2.93. The van der Waals surface area contributed by atoms with Crippen LogP contribution in [0.2, 0.25) is 0 Å². The fourth-order valence-corrected chi connectivity index (χ4v) is 2.93. The van der Waals surface area contributed by atoms with E-state index in [4.69, 9.17) is 0 Å². The molecule has 1 aromatic carbocycles. The molecule has 0 spiro atoms. The first-order valence-corrected chi connectivity index (χ1v) is 7.73. The van der Waals surface area contributed by atoms with E-state index in [0.717, 1.165) is 42.9 Å². The Hall–Kier alpha value is -2.25. The second-order valence-corrected chi connectivity index (χ2v) is 5.94. The quantitative estimate of drug-likeness (QED) is 0.682. The molecule has 1 atom stereocenters. The van der Waals surface area contributed by atoms with Crippen LogP contribution < -0.4 is 4.90 Å². The summed E-state index contributed by atoms with van der Waals surface area (Å²) in [4.78, 5) is 19.5. The Morgan fingerprint density at radius 3 is 2.65 bits per heavy atom. The number of piperazine rings is 1. The maximum absolute atomic E-state index is 10.8. The Kier molecular flexibility index (Phi) is 4.40. The molecule has 122 valence electrons. The number of benzene rings is 1. The molecule has 1 aromatic heterocycles. The van der Waals surface area contributed by atoms with Crippen LogP contribution in [0.5, 0.6) is 0 Å². The molecule has 2 heterocycles. The average molecular weight is 316 g/mol. The number of β-amino-alcohol motifs (C(OH)–C–C–N with tert-alkyl or cyclic N) is 1. The molecule has 2 aromatic rings. The minimum absolute atomic E-state index is 0.0822. The summed E-state index contributed by atoms with van der Waals surface area (Å²) in [7, 11) is 0. The number of pyridine rings is 1. The standard InChI is InChI=1S/C16H20N4O3/c1-12(21)11-18-6-8-19(9-7-18)16-5-2-13-10-14(20(22)23)3-4-15(13)17-16/h2-5,10,12,21H,6-9,11H2,1H3/t12-/m1/s1. The van der Waals surface area contributed by atoms with Gasteiger partial charge in [-0.25, -0.2) is 4.98 Å². The number of rotatable bonds is 4. The minimum Gasteiger partial charge on any atom is -0.392 e. The van der Waals surface area contributed by atoms with Gasteiger partial charge in [0.25, 0.3) is 5.69 Å². The molecule has 1 aliphatic rings. The zero-order chi connectivity index (χ0) is 16.4. The highest BCUT2D eigenvalue weighted by Crippen LogP contribution is 2.23. The second kappa shape index (κ2) is 6.47. The Balaban J connectivity index is 1.74. The molecule has 23 heavy (non-hydrogen) atoms. The fraction of sp³-hybridized carbons (Fsp3) is 0.438. The number of nitro benzene ring substituents is 1. The number of aromatic nitrogens is 1. The van der Waals surface area contributed by atoms with E-state index < -0.39 is 4.92 Å². The van der Waals surface area contributed by atoms with Crippen molar-refractivity contribution in [3.8, 4) is 0 Å². The first-order valence-electron chi connectivity index (χ1n) is 7.73. The summed E-state index contributed by atoms with van der Waals surface area (Å²) in [6.07, 6.45) is -0.309. The average Bonchev–Trinajstić information content (AvgIpc) is 2.54. The maximum atomic E-state index is 10.8. The molecule has 0 saturated carbocycles. The van der Waals surface area contributed by atoms with Gasteiger partial charge in [-0.1, -0.05) is 0 Å². The summed E-state index contributed by atoms with van der Waals surface area (Å²) >= 11 is 0. The number of non-ortho nitro benzene ring substituents is 1. The van der Waals surface area contributed by atoms with Gasteiger partial charge in [-0.15, -0.1) is 0 Å². The highest BCUT2D eigenvalue weighted by atomic mass is 16.6. The largest absolute Gasteiger partial charge is 0.392 e. The van der Waals surface area contributed by atoms with Crippen LogP contribution in [0.15, 0.2) is 30.3 Å². The predicted octanol–water partition coefficient (Wildman–Crippen LogP) is 1.65. The van der Waals surface area contributed by atoms with Gasteiger partial charge in [0.15, 0.2) is 0 Å². The SMILES string of the molecule is C[C@@H](O)CN1CCN(c2ccc3cc([N+](=O)[O-])ccc3n2)CC1. The molecular weight excluding hydrogens is 296 g/mol. The summed E-state index contributed by atoms with van der Waals surface area (Å²) in [6.45, 7) is 6.01. The van der Waals surface area contributed by atoms with Crippen molar-refractivity contribution in [3.63, 3.8) is 0 Å². The van der Waals surface area contributed by atoms with Crippen LogP contribution in [-0.2, 0) is 0 Å². The third kappa shape index (κ3) is 3.57. The van der Waals surface area contributed by atoms with Gasteiger partial charge in [0, 0.05) is 50.2 Å². The normalized spacial score (nSPS) is 17.4. The minimum atomic E-state index is -0.394. The number of aliphatic hydroxyl groups is 1. The topological polar surface area (TPSA) is 82.7 Å². The van der Waals surface area contributed by atoms with Gasteiger partial charge in [0.1, 0.15) is 5.82 Å². The van der Waals surface area contributed by atoms with Crippen molar-refractivity contribution < 1.29 is 10.0 Å². The lowest BCUT2D eigenvalue weighted by Crippen LogP contribution is -2.48. The highest BCUT2D eigenvalue weighted by molar-refractivity contribution is 5.82. The molecular formula is C16H20N4O3. The van der Waals surface area contributed by atoms with Crippen LogP contribution in [-0.4, -0.2) is 58.7 Å². The third-order valence-corrected chi connectivity index (χ3v) is 4.09. The summed E-state index contributed by atoms with van der Waals surface area (Å²) in [5.74, 6) is 0.892. The zero-order valence-electron chi connectivity index (χ0n) is 13.1. The van der Waals surface area contributed by atoms with E-state index in [1.54, 1.807) is 19.1 Å². The van der Waals surface area contributed by atoms with Crippen LogP contribution in [0.4, 0.5) is 11.5 Å². The Bertz CT molecular complexity index is 712. The number of aliphatic hydroxyl groups excluding tert-OH is 1. The predicted molar refractivity (Wildman–Crippen MR) is 88.7 cm³/mol. The van der Waals surface area contributed by atoms with E-state index in [1.807, 2.05) is 12.1 Å². The molecule has 0 amide bonds. The van der Waals surface area contributed by atoms with Crippen molar-refractivity contribution in [2.24, 2.45) is 0 Å². The van der Waals surface area contributed by atoms with Crippen molar-refractivity contribution in [1.82, 2.24) is 9.88 Å². The van der Waals surface area contributed by atoms with Crippen LogP contribution in [0.3, 0.4) is 0 Å². The Labute approximate surface area is 134 Å². The highest BCUT2D eigenvalue weighted by Gasteiger charge is 2.19. The van der Waals surface area contributed by atoms with Gasteiger partial charge in [-0.3, -0.25) is 15.0 Å². The van der Waals surface area contributed by atoms with E-state index in [2.05, 4.69) is 14.8 Å². The van der Waals surface area contributed by atoms with E-state index in [9.17, 15) is 15.2 Å². The molecule has 1 fully saturated rings. The molecule has 0 aliphatic carbocycles. The number of anilines is 1. The maximum Gasteiger partial charge on any atom is 0.270 e. The van der Waals surface area contributed by atoms with Crippen molar-refractivity contribution in [2.75, 3.05) is 37.6 Å². The zero-order valence-corrected chi connectivity index (χ0v) is 13.1. The van der Waals surface area contributed by atoms with Crippen LogP contribution in [0.1, 0.15) is 6.92 Å². The Morgan fingerprint density at radius 2 is 2.00 bits per heavy atom. The summed E-state index contributed by atoms with van der Waals surface area (Å²) in [5, 5.41) is 21.0. The third-order valence-electron chi connectivity index (χ3n) is 4.09. The monoisotopic (exact) mass is 316 g/mol. The summed E-state index contributed by atoms with van der Waals surface area (Å²) in [5.41, 5.74) is 0.846. The van der Waals surface area contributed by atoms with Crippen molar-refractivity contribution >= 4 is 22.4 Å². The molecule has 0 unspecified atom stereocenters. The summed E-state index contributed by atoms with van der Waals surface area (Å²) in [6, 6.07) is 8.52. The Morgan fingerprint density at radius 1 is 1.26 bits per heavy atom. The smallest absolute Gasteiger partial charge is 0.270 e. The number of hydrogen-bond acceptors (Lipinski definition) is 6. The molecule has 7 heteroatoms. The number of fused-ring (bicyclic) bond motifs is 1. The lowest BCUT2D eigenvalue weighted by Gasteiger charge is -2.35. The van der Waals surface area contributed by atoms with Gasteiger partial charge in [-0.2, -0.15) is 0 Å². The molecule has 7 nitrogen and oxygen atoms in total. The van der Waals surface area contributed by atoms with Gasteiger partial charge in [0.2, 0.25) is 0 Å². The molecule has 3 rings (SSSR count). The van der Waals surface area contributed by atoms with Gasteiger partial charge < -0.3 is 10.0 Å². The van der Waals surface area contributed by atoms with Gasteiger partial charge >= 0.3 is 0 Å². The molecule has 1 N–H and O–H groups in total. The van der Waals surface area contributed by atoms with E-state index in [1.165, 1.54) is 6.07 Å². The molecule has 1 saturated heterocycles. The van der Waals surface area contributed by atoms with Crippen LogP contribution in [0, 0.1) is 10.1 Å². The summed E-state index contributed by atoms with van der Waals surface area (Å²) < 4.78 is 0. The van der Waals surface area contributed by atoms with Crippen LogP contribution in [0.25, 0.3) is 10.9 Å². The van der Waals surface area contributed by atoms with Crippen molar-refractivity contribution in [1.29, 1.82) is 0 Å². The van der Waals surface area contributed by atoms with Gasteiger partial charge in [0.05, 0.1) is 16.5 Å². The molecule has 0 bridgehead atoms. The van der Waals surface area contributed by atoms with E-state index in [0.29, 0.717) is 6.54 Å². The number of hydrogen-bond donors (Lipinski definition) is 1. The lowest BCUT2D eigenvalue weighted by molar-refractivity contribution is -0.384. The second-order valence-electron chi connectivity index (χ2n) is 5.94. The molecule has 0 radical (unpaired) electrons. The van der Waals surface area contributed by atoms with E-state index in [-0.39, 0.29) is 11.8 Å². The number of nitrogens with zero attached hydrogens (tertiary/aromatic N) is 4. The van der Waals surface area contributed by atoms with Crippen LogP contribution >= 0.6 is 0 Å². The van der Waals surface area contributed by atoms with Gasteiger partial charge in [-0.05, 0) is 25.1 Å². The van der Waals surface area contributed by atoms with Crippen molar-refractivity contribution in [2.45, 2.75) is 13.0 Å². The van der Waals surface area contributed by atoms with E-state index >= 15 is 0 Å². The first kappa shape index (κ1) is 15.6. The number of nitro groups is 1. The first-order chi connectivity index (χ1) is 11.0. The lowest BCUT2D eigenvalue weighted by atomic mass is 10.2.